The third-order valence-corrected chi connectivity index (χ3v) is 4.03. The van der Waals surface area contributed by atoms with Crippen molar-refractivity contribution in [3.8, 4) is 11.5 Å². The summed E-state index contributed by atoms with van der Waals surface area (Å²) in [6, 6.07) is 7.47. The number of carbonyl (C=O) groups excluding carboxylic acids is 1. The van der Waals surface area contributed by atoms with Gasteiger partial charge in [0.25, 0.3) is 0 Å². The molecule has 0 aromatic heterocycles. The van der Waals surface area contributed by atoms with Gasteiger partial charge in [-0.05, 0) is 62.8 Å². The molecule has 23 heavy (non-hydrogen) atoms. The van der Waals surface area contributed by atoms with E-state index in [2.05, 4.69) is 11.4 Å². The average Bonchev–Trinajstić information content (AvgIpc) is 2.60. The van der Waals surface area contributed by atoms with E-state index in [9.17, 15) is 4.79 Å². The number of methoxy groups -OCH3 is 1. The lowest BCUT2D eigenvalue weighted by atomic mass is 9.97. The first-order valence-electron chi connectivity index (χ1n) is 8.49. The summed E-state index contributed by atoms with van der Waals surface area (Å²) < 4.78 is 10.7. The highest BCUT2D eigenvalue weighted by atomic mass is 16.5. The molecule has 0 saturated carbocycles. The number of rotatable bonds is 9. The van der Waals surface area contributed by atoms with E-state index in [0.717, 1.165) is 30.9 Å². The lowest BCUT2D eigenvalue weighted by molar-refractivity contribution is -0.121. The van der Waals surface area contributed by atoms with Gasteiger partial charge in [0.1, 0.15) is 11.5 Å². The predicted molar refractivity (Wildman–Crippen MR) is 91.9 cm³/mol. The molecule has 0 heterocycles. The van der Waals surface area contributed by atoms with Crippen molar-refractivity contribution in [1.82, 2.24) is 5.32 Å². The number of carbonyl (C=O) groups is 1. The van der Waals surface area contributed by atoms with Gasteiger partial charge in [-0.25, -0.2) is 0 Å². The molecular formula is C19H27NO3. The van der Waals surface area contributed by atoms with Crippen LogP contribution < -0.4 is 14.8 Å². The fraction of sp³-hybridized carbons (Fsp3) is 0.526. The Labute approximate surface area is 138 Å². The molecular weight excluding hydrogens is 290 g/mol. The van der Waals surface area contributed by atoms with Gasteiger partial charge in [-0.2, -0.15) is 0 Å². The van der Waals surface area contributed by atoms with E-state index in [4.69, 9.17) is 9.47 Å². The van der Waals surface area contributed by atoms with Gasteiger partial charge in [0.2, 0.25) is 5.91 Å². The molecule has 0 unspecified atom stereocenters. The van der Waals surface area contributed by atoms with E-state index in [1.165, 1.54) is 31.3 Å². The van der Waals surface area contributed by atoms with Crippen molar-refractivity contribution in [2.45, 2.75) is 44.9 Å². The Hall–Kier alpha value is -1.97. The van der Waals surface area contributed by atoms with Crippen LogP contribution in [0.2, 0.25) is 0 Å². The summed E-state index contributed by atoms with van der Waals surface area (Å²) in [7, 11) is 1.64. The molecule has 126 valence electrons. The highest BCUT2D eigenvalue weighted by molar-refractivity contribution is 5.75. The number of benzene rings is 1. The molecule has 1 aromatic rings. The zero-order valence-corrected chi connectivity index (χ0v) is 14.0. The molecule has 1 N–H and O–H groups in total. The van der Waals surface area contributed by atoms with Crippen LogP contribution in [0.15, 0.2) is 35.9 Å². The van der Waals surface area contributed by atoms with Gasteiger partial charge in [-0.1, -0.05) is 11.6 Å². The molecule has 0 atom stereocenters. The Balaban J connectivity index is 1.53. The molecule has 0 saturated heterocycles. The largest absolute Gasteiger partial charge is 0.497 e. The van der Waals surface area contributed by atoms with Gasteiger partial charge in [0.05, 0.1) is 13.7 Å². The molecule has 0 fully saturated rings. The first-order chi connectivity index (χ1) is 11.3. The van der Waals surface area contributed by atoms with E-state index < -0.39 is 0 Å². The Morgan fingerprint density at radius 3 is 2.65 bits per heavy atom. The molecule has 0 radical (unpaired) electrons. The van der Waals surface area contributed by atoms with Crippen molar-refractivity contribution < 1.29 is 14.3 Å². The Morgan fingerprint density at radius 1 is 1.17 bits per heavy atom. The van der Waals surface area contributed by atoms with Crippen molar-refractivity contribution in [2.24, 2.45) is 0 Å². The summed E-state index contributed by atoms with van der Waals surface area (Å²) >= 11 is 0. The number of hydrogen-bond donors (Lipinski definition) is 1. The molecule has 2 rings (SSSR count). The van der Waals surface area contributed by atoms with Crippen LogP contribution in [0.3, 0.4) is 0 Å². The Bertz CT molecular complexity index is 508. The molecule has 1 aliphatic carbocycles. The second-order valence-corrected chi connectivity index (χ2v) is 5.84. The van der Waals surface area contributed by atoms with Gasteiger partial charge in [-0.15, -0.1) is 0 Å². The maximum absolute atomic E-state index is 11.8. The fourth-order valence-corrected chi connectivity index (χ4v) is 2.68. The van der Waals surface area contributed by atoms with E-state index in [1.54, 1.807) is 7.11 Å². The van der Waals surface area contributed by atoms with Crippen molar-refractivity contribution in [3.63, 3.8) is 0 Å². The van der Waals surface area contributed by atoms with Gasteiger partial charge in [0.15, 0.2) is 0 Å². The van der Waals surface area contributed by atoms with Crippen molar-refractivity contribution >= 4 is 5.91 Å². The summed E-state index contributed by atoms with van der Waals surface area (Å²) in [5.41, 5.74) is 1.50. The predicted octanol–water partition coefficient (Wildman–Crippen LogP) is 3.86. The maximum Gasteiger partial charge on any atom is 0.220 e. The van der Waals surface area contributed by atoms with Gasteiger partial charge >= 0.3 is 0 Å². The minimum absolute atomic E-state index is 0.111. The van der Waals surface area contributed by atoms with Crippen LogP contribution in [0.1, 0.15) is 44.9 Å². The molecule has 4 nitrogen and oxygen atoms in total. The number of allylic oxidation sites excluding steroid dienone is 1. The van der Waals surface area contributed by atoms with E-state index >= 15 is 0 Å². The third-order valence-electron chi connectivity index (χ3n) is 4.03. The lowest BCUT2D eigenvalue weighted by Gasteiger charge is -2.13. The molecule has 1 amide bonds. The van der Waals surface area contributed by atoms with E-state index in [1.807, 2.05) is 24.3 Å². The smallest absolute Gasteiger partial charge is 0.220 e. The molecule has 0 bridgehead atoms. The first-order valence-corrected chi connectivity index (χ1v) is 8.49. The minimum Gasteiger partial charge on any atom is -0.497 e. The number of ether oxygens (including phenoxy) is 2. The monoisotopic (exact) mass is 317 g/mol. The zero-order chi connectivity index (χ0) is 16.3. The summed E-state index contributed by atoms with van der Waals surface area (Å²) in [4.78, 5) is 11.8. The van der Waals surface area contributed by atoms with Gasteiger partial charge < -0.3 is 14.8 Å². The third kappa shape index (κ3) is 6.76. The number of nitrogens with one attached hydrogen (secondary N) is 1. The van der Waals surface area contributed by atoms with Gasteiger partial charge in [-0.3, -0.25) is 4.79 Å². The second-order valence-electron chi connectivity index (χ2n) is 5.84. The number of amides is 1. The molecule has 1 aliphatic rings. The number of hydrogen-bond acceptors (Lipinski definition) is 3. The highest BCUT2D eigenvalue weighted by Crippen LogP contribution is 2.19. The Kier molecular flexibility index (Phi) is 7.50. The first kappa shape index (κ1) is 17.4. The maximum atomic E-state index is 11.8. The van der Waals surface area contributed by atoms with Crippen LogP contribution in [-0.4, -0.2) is 26.2 Å². The van der Waals surface area contributed by atoms with Gasteiger partial charge in [0, 0.05) is 13.0 Å². The quantitative estimate of drug-likeness (QED) is 0.556. The van der Waals surface area contributed by atoms with Crippen LogP contribution in [0.4, 0.5) is 0 Å². The minimum atomic E-state index is 0.111. The van der Waals surface area contributed by atoms with Crippen molar-refractivity contribution in [1.29, 1.82) is 0 Å². The topological polar surface area (TPSA) is 47.6 Å². The van der Waals surface area contributed by atoms with Crippen molar-refractivity contribution in [2.75, 3.05) is 20.3 Å². The molecule has 0 aliphatic heterocycles. The molecule has 0 spiro atoms. The molecule has 4 heteroatoms. The zero-order valence-electron chi connectivity index (χ0n) is 14.0. The highest BCUT2D eigenvalue weighted by Gasteiger charge is 2.05. The van der Waals surface area contributed by atoms with Crippen LogP contribution in [0.25, 0.3) is 0 Å². The Morgan fingerprint density at radius 2 is 1.96 bits per heavy atom. The van der Waals surface area contributed by atoms with Crippen LogP contribution in [0.5, 0.6) is 11.5 Å². The van der Waals surface area contributed by atoms with Crippen molar-refractivity contribution in [3.05, 3.63) is 35.9 Å². The summed E-state index contributed by atoms with van der Waals surface area (Å²) in [6.45, 7) is 1.30. The van der Waals surface area contributed by atoms with E-state index in [0.29, 0.717) is 13.0 Å². The van der Waals surface area contributed by atoms with Crippen LogP contribution in [0, 0.1) is 0 Å². The SMILES string of the molecule is COc1ccc(OCCCC(=O)NCCC2=CCCCC2)cc1. The summed E-state index contributed by atoms with van der Waals surface area (Å²) in [6.07, 6.45) is 9.56. The molecule has 1 aromatic carbocycles. The van der Waals surface area contributed by atoms with E-state index in [-0.39, 0.29) is 5.91 Å². The summed E-state index contributed by atoms with van der Waals surface area (Å²) in [5.74, 6) is 1.72. The average molecular weight is 317 g/mol. The second kappa shape index (κ2) is 9.93. The van der Waals surface area contributed by atoms with Crippen LogP contribution >= 0.6 is 0 Å². The fourth-order valence-electron chi connectivity index (χ4n) is 2.68. The van der Waals surface area contributed by atoms with Crippen LogP contribution in [-0.2, 0) is 4.79 Å². The normalized spacial score (nSPS) is 14.0. The standard InChI is InChI=1S/C19H27NO3/c1-22-17-9-11-18(12-10-17)23-15-5-8-19(21)20-14-13-16-6-3-2-4-7-16/h6,9-12H,2-5,7-8,13-15H2,1H3,(H,20,21). The summed E-state index contributed by atoms with van der Waals surface area (Å²) in [5, 5.41) is 2.99. The lowest BCUT2D eigenvalue weighted by Crippen LogP contribution is -2.25.